The minimum Gasteiger partial charge on any atom is -0.398 e. The molecule has 0 atom stereocenters. The van der Waals surface area contributed by atoms with E-state index in [2.05, 4.69) is 0 Å². The molecule has 1 heterocycles. The number of anilines is 2. The fourth-order valence-corrected chi connectivity index (χ4v) is 4.22. The minimum atomic E-state index is -0.0523. The zero-order chi connectivity index (χ0) is 20.0. The van der Waals surface area contributed by atoms with Gasteiger partial charge >= 0.3 is 0 Å². The molecule has 0 saturated heterocycles. The second-order valence-corrected chi connectivity index (χ2v) is 7.39. The van der Waals surface area contributed by atoms with Gasteiger partial charge in [-0.15, -0.1) is 0 Å². The Hall–Kier alpha value is -3.41. The van der Waals surface area contributed by atoms with Crippen molar-refractivity contribution < 1.29 is 0 Å². The van der Waals surface area contributed by atoms with Gasteiger partial charge in [-0.05, 0) is 68.0 Å². The lowest BCUT2D eigenvalue weighted by Crippen LogP contribution is -2.14. The summed E-state index contributed by atoms with van der Waals surface area (Å²) in [6.07, 6.45) is 4.08. The highest BCUT2D eigenvalue weighted by Crippen LogP contribution is 2.38. The van der Waals surface area contributed by atoms with Crippen molar-refractivity contribution in [2.75, 3.05) is 11.5 Å². The molecule has 1 aliphatic rings. The molecule has 8 N–H and O–H groups in total. The number of hydrogen-bond acceptors (Lipinski definition) is 5. The summed E-state index contributed by atoms with van der Waals surface area (Å²) in [5.41, 5.74) is 25.9. The highest BCUT2D eigenvalue weighted by molar-refractivity contribution is 6.13. The third-order valence-corrected chi connectivity index (χ3v) is 5.50. The van der Waals surface area contributed by atoms with E-state index in [1.54, 1.807) is 13.0 Å². The normalized spacial score (nSPS) is 13.3. The molecule has 0 saturated carbocycles. The van der Waals surface area contributed by atoms with Gasteiger partial charge < -0.3 is 22.6 Å². The van der Waals surface area contributed by atoms with Gasteiger partial charge in [-0.2, -0.15) is 0 Å². The molecule has 6 heteroatoms. The molecular formula is C22H24N6. The van der Waals surface area contributed by atoms with Gasteiger partial charge in [0.15, 0.2) is 0 Å². The Morgan fingerprint density at radius 2 is 1.64 bits per heavy atom. The number of amidine groups is 1. The van der Waals surface area contributed by atoms with Crippen LogP contribution in [0.2, 0.25) is 0 Å². The molecule has 0 amide bonds. The van der Waals surface area contributed by atoms with Gasteiger partial charge in [0.2, 0.25) is 0 Å². The fraction of sp³-hybridized carbons (Fsp3) is 0.227. The largest absolute Gasteiger partial charge is 0.398 e. The lowest BCUT2D eigenvalue weighted by Gasteiger charge is -2.23. The summed E-state index contributed by atoms with van der Waals surface area (Å²) in [6, 6.07) is 9.32. The van der Waals surface area contributed by atoms with Crippen LogP contribution in [0.1, 0.15) is 42.0 Å². The quantitative estimate of drug-likeness (QED) is 0.272. The number of nitrogens with zero attached hydrogens (tertiary/aromatic N) is 1. The van der Waals surface area contributed by atoms with Crippen LogP contribution in [0.25, 0.3) is 22.2 Å². The van der Waals surface area contributed by atoms with E-state index < -0.39 is 0 Å². The van der Waals surface area contributed by atoms with Crippen molar-refractivity contribution in [1.29, 1.82) is 10.8 Å². The van der Waals surface area contributed by atoms with Crippen LogP contribution in [0.4, 0.5) is 11.4 Å². The zero-order valence-corrected chi connectivity index (χ0v) is 15.9. The van der Waals surface area contributed by atoms with Crippen LogP contribution in [0, 0.1) is 10.8 Å². The summed E-state index contributed by atoms with van der Waals surface area (Å²) in [7, 11) is 0. The van der Waals surface area contributed by atoms with Crippen molar-refractivity contribution in [2.24, 2.45) is 5.73 Å². The highest BCUT2D eigenvalue weighted by atomic mass is 14.7. The van der Waals surface area contributed by atoms with Crippen molar-refractivity contribution in [3.05, 3.63) is 52.6 Å². The van der Waals surface area contributed by atoms with Gasteiger partial charge in [-0.3, -0.25) is 5.41 Å². The summed E-state index contributed by atoms with van der Waals surface area (Å²) < 4.78 is 0. The number of aromatic nitrogens is 1. The number of aryl methyl sites for hydroxylation is 1. The van der Waals surface area contributed by atoms with Gasteiger partial charge in [0.05, 0.1) is 11.2 Å². The highest BCUT2D eigenvalue weighted by Gasteiger charge is 2.23. The van der Waals surface area contributed by atoms with Crippen LogP contribution in [-0.2, 0) is 12.8 Å². The summed E-state index contributed by atoms with van der Waals surface area (Å²) in [5.74, 6) is -0.0523. The maximum absolute atomic E-state index is 8.23. The Kier molecular flexibility index (Phi) is 4.26. The molecule has 1 aromatic heterocycles. The van der Waals surface area contributed by atoms with Crippen LogP contribution in [0.15, 0.2) is 30.3 Å². The van der Waals surface area contributed by atoms with Crippen LogP contribution in [0.3, 0.4) is 0 Å². The van der Waals surface area contributed by atoms with Crippen LogP contribution in [-0.4, -0.2) is 16.5 Å². The number of rotatable bonds is 3. The van der Waals surface area contributed by atoms with Gasteiger partial charge in [0, 0.05) is 39.2 Å². The molecule has 0 fully saturated rings. The van der Waals surface area contributed by atoms with Crippen molar-refractivity contribution in [3.63, 3.8) is 0 Å². The Morgan fingerprint density at radius 3 is 2.32 bits per heavy atom. The van der Waals surface area contributed by atoms with Crippen molar-refractivity contribution in [3.8, 4) is 11.3 Å². The molecule has 4 rings (SSSR count). The number of hydrogen-bond donors (Lipinski definition) is 5. The van der Waals surface area contributed by atoms with Gasteiger partial charge in [-0.25, -0.2) is 4.98 Å². The van der Waals surface area contributed by atoms with Crippen LogP contribution in [0.5, 0.6) is 0 Å². The predicted molar refractivity (Wildman–Crippen MR) is 116 cm³/mol. The maximum atomic E-state index is 8.23. The van der Waals surface area contributed by atoms with Crippen LogP contribution >= 0.6 is 0 Å². The first-order valence-corrected chi connectivity index (χ1v) is 9.42. The van der Waals surface area contributed by atoms with Gasteiger partial charge in [0.1, 0.15) is 5.84 Å². The molecule has 0 spiro atoms. The number of nitrogens with one attached hydrogen (secondary N) is 2. The van der Waals surface area contributed by atoms with E-state index in [0.29, 0.717) is 22.6 Å². The van der Waals surface area contributed by atoms with E-state index in [-0.39, 0.29) is 5.84 Å². The molecule has 6 nitrogen and oxygen atoms in total. The first-order valence-electron chi connectivity index (χ1n) is 9.42. The molecule has 1 aliphatic carbocycles. The molecule has 3 aromatic rings. The average molecular weight is 372 g/mol. The number of nitrogens with two attached hydrogens (primary N) is 3. The third-order valence-electron chi connectivity index (χ3n) is 5.50. The summed E-state index contributed by atoms with van der Waals surface area (Å²) in [5, 5.41) is 17.0. The standard InChI is InChI=1S/C22H24N6/c1-11(23)19-17(25)8-9-18-20(19)13-4-2-3-5-14(13)21(28-18)12-6-7-16(24)15(10-12)22(26)27/h6-10,23H,2-5,24-25H2,1H3,(H3,26,27). The lowest BCUT2D eigenvalue weighted by molar-refractivity contribution is 0.689. The smallest absolute Gasteiger partial charge is 0.124 e. The number of benzene rings is 2. The first-order chi connectivity index (χ1) is 13.4. The van der Waals surface area contributed by atoms with E-state index >= 15 is 0 Å². The molecule has 2 aromatic carbocycles. The molecule has 142 valence electrons. The van der Waals surface area contributed by atoms with Crippen molar-refractivity contribution in [1.82, 2.24) is 4.98 Å². The molecular weight excluding hydrogens is 348 g/mol. The van der Waals surface area contributed by atoms with E-state index in [9.17, 15) is 0 Å². The summed E-state index contributed by atoms with van der Waals surface area (Å²) in [6.45, 7) is 1.77. The summed E-state index contributed by atoms with van der Waals surface area (Å²) in [4.78, 5) is 4.97. The second kappa shape index (κ2) is 6.64. The van der Waals surface area contributed by atoms with Gasteiger partial charge in [-0.1, -0.05) is 6.07 Å². The molecule has 0 unspecified atom stereocenters. The van der Waals surface area contributed by atoms with Crippen LogP contribution < -0.4 is 17.2 Å². The molecule has 28 heavy (non-hydrogen) atoms. The molecule has 0 aliphatic heterocycles. The summed E-state index contributed by atoms with van der Waals surface area (Å²) >= 11 is 0. The van der Waals surface area contributed by atoms with Crippen molar-refractivity contribution >= 4 is 33.8 Å². The van der Waals surface area contributed by atoms with E-state index in [1.807, 2.05) is 24.3 Å². The monoisotopic (exact) mass is 372 g/mol. The Balaban J connectivity index is 2.07. The van der Waals surface area contributed by atoms with E-state index in [0.717, 1.165) is 53.4 Å². The number of nitrogen functional groups attached to an aromatic ring is 3. The number of fused-ring (bicyclic) bond motifs is 3. The SMILES string of the molecule is CC(=N)c1c(N)ccc2nc(-c3ccc(N)c(C(=N)N)c3)c3c(c12)CCCC3. The average Bonchev–Trinajstić information content (AvgIpc) is 2.67. The second-order valence-electron chi connectivity index (χ2n) is 7.39. The number of pyridine rings is 1. The Labute approximate surface area is 163 Å². The van der Waals surface area contributed by atoms with Crippen molar-refractivity contribution in [2.45, 2.75) is 32.6 Å². The van der Waals surface area contributed by atoms with E-state index in [1.165, 1.54) is 11.1 Å². The topological polar surface area (TPSA) is 139 Å². The van der Waals surface area contributed by atoms with E-state index in [4.69, 9.17) is 33.0 Å². The van der Waals surface area contributed by atoms with Gasteiger partial charge in [0.25, 0.3) is 0 Å². The zero-order valence-electron chi connectivity index (χ0n) is 15.9. The minimum absolute atomic E-state index is 0.0523. The maximum Gasteiger partial charge on any atom is 0.124 e. The lowest BCUT2D eigenvalue weighted by atomic mass is 9.84. The third kappa shape index (κ3) is 2.78. The Bertz CT molecular complexity index is 1150. The Morgan fingerprint density at radius 1 is 0.964 bits per heavy atom. The first kappa shape index (κ1) is 18.0. The predicted octanol–water partition coefficient (Wildman–Crippen LogP) is 3.62. The molecule has 0 radical (unpaired) electrons. The fourth-order valence-electron chi connectivity index (χ4n) is 4.22. The molecule has 0 bridgehead atoms.